The first-order valence-corrected chi connectivity index (χ1v) is 15.9. The second-order valence-corrected chi connectivity index (χ2v) is 11.4. The molecule has 2 heterocycles. The molecule has 0 aromatic heterocycles. The van der Waals surface area contributed by atoms with Crippen molar-refractivity contribution in [1.29, 1.82) is 0 Å². The van der Waals surface area contributed by atoms with Crippen LogP contribution in [0.2, 0.25) is 0 Å². The first-order valence-electron chi connectivity index (χ1n) is 15.9. The molecule has 13 heteroatoms. The van der Waals surface area contributed by atoms with Crippen LogP contribution in [-0.2, 0) is 38.1 Å². The van der Waals surface area contributed by atoms with E-state index >= 15 is 0 Å². The van der Waals surface area contributed by atoms with Gasteiger partial charge in [-0.1, -0.05) is 54.7 Å². The van der Waals surface area contributed by atoms with Crippen LogP contribution < -0.4 is 0 Å². The van der Waals surface area contributed by atoms with E-state index in [9.17, 15) is 39.6 Å². The van der Waals surface area contributed by atoms with E-state index < -0.39 is 80.3 Å². The highest BCUT2D eigenvalue weighted by molar-refractivity contribution is 5.82. The Morgan fingerprint density at radius 1 is 0.894 bits per heavy atom. The van der Waals surface area contributed by atoms with Crippen LogP contribution in [-0.4, -0.2) is 105 Å². The van der Waals surface area contributed by atoms with Crippen molar-refractivity contribution in [2.45, 2.75) is 120 Å². The Morgan fingerprint density at radius 3 is 2.38 bits per heavy atom. The lowest BCUT2D eigenvalue weighted by Gasteiger charge is -2.40. The van der Waals surface area contributed by atoms with Crippen molar-refractivity contribution in [1.82, 2.24) is 0 Å². The lowest BCUT2D eigenvalue weighted by Crippen LogP contribution is -2.59. The fourth-order valence-corrected chi connectivity index (χ4v) is 4.65. The molecule has 2 rings (SSSR count). The maximum atomic E-state index is 12.2. The summed E-state index contributed by atoms with van der Waals surface area (Å²) in [6, 6.07) is 0. The smallest absolute Gasteiger partial charge is 0.331 e. The van der Waals surface area contributed by atoms with Crippen molar-refractivity contribution in [3.63, 3.8) is 0 Å². The van der Waals surface area contributed by atoms with Gasteiger partial charge in [0.1, 0.15) is 36.8 Å². The van der Waals surface area contributed by atoms with E-state index in [1.807, 2.05) is 19.1 Å². The summed E-state index contributed by atoms with van der Waals surface area (Å²) in [5, 5.41) is 50.3. The van der Waals surface area contributed by atoms with Crippen LogP contribution in [0.1, 0.15) is 71.1 Å². The van der Waals surface area contributed by atoms with E-state index in [1.165, 1.54) is 12.2 Å². The summed E-state index contributed by atoms with van der Waals surface area (Å²) < 4.78 is 21.9. The normalized spacial score (nSPS) is 34.1. The molecule has 0 aromatic rings. The van der Waals surface area contributed by atoms with Crippen molar-refractivity contribution in [3.05, 3.63) is 60.8 Å². The van der Waals surface area contributed by atoms with E-state index in [2.05, 4.69) is 0 Å². The predicted octanol–water partition coefficient (Wildman–Crippen LogP) is 2.36. The van der Waals surface area contributed by atoms with E-state index in [-0.39, 0.29) is 31.1 Å². The van der Waals surface area contributed by atoms with Gasteiger partial charge in [-0.3, -0.25) is 14.4 Å². The third kappa shape index (κ3) is 16.8. The molecule has 262 valence electrons. The number of carbonyl (C=O) groups is 4. The zero-order valence-corrected chi connectivity index (χ0v) is 26.7. The number of rotatable bonds is 7. The first kappa shape index (κ1) is 39.7. The number of esters is 2. The Balaban J connectivity index is 2.13. The molecule has 0 saturated carbocycles. The Hall–Kier alpha value is -3.46. The summed E-state index contributed by atoms with van der Waals surface area (Å²) in [6.07, 6.45) is 9.91. The molecular formula is C34H48O13. The molecule has 0 bridgehead atoms. The van der Waals surface area contributed by atoms with Crippen molar-refractivity contribution < 1.29 is 63.7 Å². The second kappa shape index (κ2) is 22.2. The van der Waals surface area contributed by atoms with Gasteiger partial charge in [0.15, 0.2) is 6.29 Å². The highest BCUT2D eigenvalue weighted by atomic mass is 16.7. The lowest BCUT2D eigenvalue weighted by molar-refractivity contribution is -0.307. The van der Waals surface area contributed by atoms with Crippen LogP contribution in [0.4, 0.5) is 0 Å². The third-order valence-corrected chi connectivity index (χ3v) is 7.28. The van der Waals surface area contributed by atoms with Gasteiger partial charge in [0.05, 0.1) is 31.2 Å². The summed E-state index contributed by atoms with van der Waals surface area (Å²) in [4.78, 5) is 46.9. The van der Waals surface area contributed by atoms with Crippen molar-refractivity contribution in [2.24, 2.45) is 0 Å². The molecule has 13 nitrogen and oxygen atoms in total. The van der Waals surface area contributed by atoms with Gasteiger partial charge in [0, 0.05) is 18.9 Å². The minimum absolute atomic E-state index is 0.0376. The number of carboxylic acids is 1. The Kier molecular flexibility index (Phi) is 18.7. The van der Waals surface area contributed by atoms with E-state index in [0.29, 0.717) is 19.3 Å². The quantitative estimate of drug-likeness (QED) is 0.196. The number of hydrogen-bond donors (Lipinski definition) is 5. The molecule has 0 spiro atoms. The molecule has 1 saturated heterocycles. The zero-order valence-electron chi connectivity index (χ0n) is 26.7. The van der Waals surface area contributed by atoms with Crippen LogP contribution in [0.15, 0.2) is 60.8 Å². The monoisotopic (exact) mass is 664 g/mol. The Bertz CT molecular complexity index is 1140. The number of aliphatic hydroxyl groups is 4. The second-order valence-electron chi connectivity index (χ2n) is 11.4. The van der Waals surface area contributed by atoms with E-state index in [0.717, 1.165) is 12.8 Å². The fraction of sp³-hybridized carbons (Fsp3) is 0.588. The maximum Gasteiger partial charge on any atom is 0.331 e. The average Bonchev–Trinajstić information content (AvgIpc) is 3.01. The number of allylic oxidation sites excluding steroid dienone is 6. The van der Waals surface area contributed by atoms with Gasteiger partial charge in [-0.25, -0.2) is 4.79 Å². The molecule has 47 heavy (non-hydrogen) atoms. The minimum atomic E-state index is -1.71. The predicted molar refractivity (Wildman–Crippen MR) is 169 cm³/mol. The molecule has 0 aliphatic carbocycles. The molecule has 2 aliphatic heterocycles. The number of ether oxygens (including phenoxy) is 4. The van der Waals surface area contributed by atoms with Crippen molar-refractivity contribution in [2.75, 3.05) is 6.61 Å². The van der Waals surface area contributed by atoms with Crippen molar-refractivity contribution >= 4 is 23.7 Å². The molecule has 1 fully saturated rings. The number of carboxylic acid groups (broad SMARTS) is 1. The van der Waals surface area contributed by atoms with Crippen LogP contribution in [0, 0.1) is 0 Å². The zero-order chi connectivity index (χ0) is 34.6. The van der Waals surface area contributed by atoms with Gasteiger partial charge >= 0.3 is 17.9 Å². The van der Waals surface area contributed by atoms with Gasteiger partial charge in [-0.2, -0.15) is 0 Å². The largest absolute Gasteiger partial charge is 0.481 e. The minimum Gasteiger partial charge on any atom is -0.481 e. The summed E-state index contributed by atoms with van der Waals surface area (Å²) >= 11 is 0. The van der Waals surface area contributed by atoms with Gasteiger partial charge in [0.25, 0.3) is 0 Å². The molecule has 0 radical (unpaired) electrons. The molecule has 0 amide bonds. The number of carbonyl (C=O) groups excluding carboxylic acids is 3. The standard InChI is InChI=1S/C34H48O13/c1-23-13-7-3-2-4-8-14-24(35)21-25(36)15-9-5-10-16-26(17-11-6-12-18-30(40)45-23)46-34-33(43)32(42)31(41)27(47-34)22-44-29(39)20-19-28(37)38/h2,4-6,9-12,16,18,23,25-27,31-34,36,41-43H,3,7-8,13-15,17,19-22H2,1H3,(H,37,38)/b4-2+,9-5-,11-6+,16-10+,18-12-/t23-,25+,26-,27-,31-,32+,33-,34-/m1/s1. The number of Topliss-reactive ketones (excluding diaryl/α,β-unsaturated/α-hetero) is 1. The Morgan fingerprint density at radius 2 is 1.62 bits per heavy atom. The fourth-order valence-electron chi connectivity index (χ4n) is 4.65. The third-order valence-electron chi connectivity index (χ3n) is 7.28. The van der Waals surface area contributed by atoms with Crippen LogP contribution in [0.5, 0.6) is 0 Å². The van der Waals surface area contributed by atoms with Gasteiger partial charge < -0.3 is 44.5 Å². The lowest BCUT2D eigenvalue weighted by atomic mass is 9.99. The summed E-state index contributed by atoms with van der Waals surface area (Å²) in [5.74, 6) is -2.56. The SMILES string of the molecule is C[C@@H]1CCC/C=C/CCC(=O)C[C@@H](O)C/C=C\C=C\[C@@H](O[C@@H]2O[C@H](COC(=O)CCC(=O)O)[C@@H](O)[C@H](O)[C@H]2O)C/C=C/C=C\C(=O)O1. The van der Waals surface area contributed by atoms with Crippen LogP contribution >= 0.6 is 0 Å². The van der Waals surface area contributed by atoms with E-state index in [1.54, 1.807) is 36.5 Å². The molecule has 2 aliphatic rings. The van der Waals surface area contributed by atoms with E-state index in [4.69, 9.17) is 24.1 Å². The van der Waals surface area contributed by atoms with Crippen LogP contribution in [0.25, 0.3) is 0 Å². The number of ketones is 1. The number of aliphatic carboxylic acids is 1. The highest BCUT2D eigenvalue weighted by Gasteiger charge is 2.45. The van der Waals surface area contributed by atoms with Gasteiger partial charge in [-0.15, -0.1) is 0 Å². The summed E-state index contributed by atoms with van der Waals surface area (Å²) in [5.41, 5.74) is 0. The van der Waals surface area contributed by atoms with Gasteiger partial charge in [-0.05, 0) is 45.4 Å². The topological polar surface area (TPSA) is 206 Å². The Labute approximate surface area is 274 Å². The highest BCUT2D eigenvalue weighted by Crippen LogP contribution is 2.25. The molecule has 8 atom stereocenters. The molecule has 0 unspecified atom stereocenters. The molecular weight excluding hydrogens is 616 g/mol. The van der Waals surface area contributed by atoms with Crippen LogP contribution in [0.3, 0.4) is 0 Å². The summed E-state index contributed by atoms with van der Waals surface area (Å²) in [6.45, 7) is 1.29. The number of cyclic esters (lactones) is 1. The van der Waals surface area contributed by atoms with Gasteiger partial charge in [0.2, 0.25) is 0 Å². The van der Waals surface area contributed by atoms with Crippen molar-refractivity contribution in [3.8, 4) is 0 Å². The molecule has 0 aromatic carbocycles. The average molecular weight is 665 g/mol. The first-order chi connectivity index (χ1) is 22.5. The number of aliphatic hydroxyl groups excluding tert-OH is 4. The maximum absolute atomic E-state index is 12.2. The summed E-state index contributed by atoms with van der Waals surface area (Å²) in [7, 11) is 0. The molecule has 5 N–H and O–H groups in total. The number of hydrogen-bond acceptors (Lipinski definition) is 12.